The van der Waals surface area contributed by atoms with Gasteiger partial charge >= 0.3 is 5.63 Å². The summed E-state index contributed by atoms with van der Waals surface area (Å²) in [5.74, 6) is 0.105. The fraction of sp³-hybridized carbons (Fsp3) is 0.0833. The van der Waals surface area contributed by atoms with E-state index in [0.29, 0.717) is 16.5 Å². The standard InChI is InChI=1S/C12H8ClNO3/c1-7-4-9(5-11(15)17-7)12(16)8-2-3-10(13)14-6-8/h2-6H,1H3. The second-order valence-corrected chi connectivity index (χ2v) is 3.86. The molecule has 0 aliphatic heterocycles. The first kappa shape index (κ1) is 11.5. The van der Waals surface area contributed by atoms with Gasteiger partial charge in [0.1, 0.15) is 10.9 Å². The second kappa shape index (κ2) is 4.51. The van der Waals surface area contributed by atoms with E-state index in [1.54, 1.807) is 13.0 Å². The summed E-state index contributed by atoms with van der Waals surface area (Å²) in [5, 5.41) is 0.310. The molecule has 0 unspecified atom stereocenters. The smallest absolute Gasteiger partial charge is 0.336 e. The van der Waals surface area contributed by atoms with Crippen molar-refractivity contribution >= 4 is 17.4 Å². The van der Waals surface area contributed by atoms with Gasteiger partial charge in [-0.25, -0.2) is 9.78 Å². The van der Waals surface area contributed by atoms with Crippen molar-refractivity contribution in [3.63, 3.8) is 0 Å². The lowest BCUT2D eigenvalue weighted by molar-refractivity contribution is 0.103. The van der Waals surface area contributed by atoms with Crippen LogP contribution in [0, 0.1) is 6.92 Å². The number of hydrogen-bond acceptors (Lipinski definition) is 4. The van der Waals surface area contributed by atoms with Gasteiger partial charge in [-0.3, -0.25) is 4.79 Å². The van der Waals surface area contributed by atoms with E-state index < -0.39 is 5.63 Å². The fourth-order valence-electron chi connectivity index (χ4n) is 1.41. The number of pyridine rings is 1. The van der Waals surface area contributed by atoms with Crippen molar-refractivity contribution in [2.45, 2.75) is 6.92 Å². The first-order valence-electron chi connectivity index (χ1n) is 4.84. The molecule has 0 bridgehead atoms. The van der Waals surface area contributed by atoms with Crippen LogP contribution in [-0.2, 0) is 0 Å². The number of halogens is 1. The molecule has 0 spiro atoms. The molecule has 2 aromatic heterocycles. The molecule has 0 saturated carbocycles. The molecule has 0 atom stereocenters. The molecule has 2 aromatic rings. The number of ketones is 1. The summed E-state index contributed by atoms with van der Waals surface area (Å²) < 4.78 is 4.78. The molecule has 0 aliphatic carbocycles. The van der Waals surface area contributed by atoms with Crippen LogP contribution >= 0.6 is 11.6 Å². The molecular formula is C12H8ClNO3. The van der Waals surface area contributed by atoms with Crippen molar-refractivity contribution < 1.29 is 9.21 Å². The molecule has 2 rings (SSSR count). The molecule has 0 saturated heterocycles. The minimum atomic E-state index is -0.546. The predicted molar refractivity (Wildman–Crippen MR) is 62.4 cm³/mol. The Hall–Kier alpha value is -1.94. The van der Waals surface area contributed by atoms with Crippen molar-refractivity contribution in [3.8, 4) is 0 Å². The normalized spacial score (nSPS) is 10.2. The highest BCUT2D eigenvalue weighted by Gasteiger charge is 2.11. The monoisotopic (exact) mass is 249 g/mol. The number of carbonyl (C=O) groups excluding carboxylic acids is 1. The van der Waals surface area contributed by atoms with E-state index in [4.69, 9.17) is 16.0 Å². The van der Waals surface area contributed by atoms with E-state index in [0.717, 1.165) is 6.07 Å². The van der Waals surface area contributed by atoms with Crippen molar-refractivity contribution in [2.24, 2.45) is 0 Å². The Balaban J connectivity index is 2.43. The van der Waals surface area contributed by atoms with Gasteiger partial charge < -0.3 is 4.42 Å². The molecule has 17 heavy (non-hydrogen) atoms. The number of carbonyl (C=O) groups is 1. The second-order valence-electron chi connectivity index (χ2n) is 3.47. The predicted octanol–water partition coefficient (Wildman–Crippen LogP) is 2.23. The van der Waals surface area contributed by atoms with Crippen molar-refractivity contribution in [2.75, 3.05) is 0 Å². The first-order valence-corrected chi connectivity index (χ1v) is 5.22. The van der Waals surface area contributed by atoms with Gasteiger partial charge in [-0.15, -0.1) is 0 Å². The van der Waals surface area contributed by atoms with Crippen molar-refractivity contribution in [1.82, 2.24) is 4.98 Å². The highest BCUT2D eigenvalue weighted by atomic mass is 35.5. The maximum Gasteiger partial charge on any atom is 0.336 e. The zero-order valence-electron chi connectivity index (χ0n) is 8.94. The molecule has 86 valence electrons. The number of hydrogen-bond donors (Lipinski definition) is 0. The summed E-state index contributed by atoms with van der Waals surface area (Å²) in [6.07, 6.45) is 1.37. The Morgan fingerprint density at radius 2 is 2.06 bits per heavy atom. The molecule has 0 fully saturated rings. The third-order valence-corrected chi connectivity index (χ3v) is 2.37. The van der Waals surface area contributed by atoms with E-state index in [2.05, 4.69) is 4.98 Å². The Labute approximate surface area is 102 Å². The molecule has 0 amide bonds. The molecular weight excluding hydrogens is 242 g/mol. The maximum absolute atomic E-state index is 12.0. The van der Waals surface area contributed by atoms with Gasteiger partial charge in [-0.1, -0.05) is 11.6 Å². The van der Waals surface area contributed by atoms with Crippen LogP contribution in [-0.4, -0.2) is 10.8 Å². The summed E-state index contributed by atoms with van der Waals surface area (Å²) in [6, 6.07) is 5.75. The van der Waals surface area contributed by atoms with Crippen LogP contribution in [0.15, 0.2) is 39.7 Å². The third kappa shape index (κ3) is 2.60. The summed E-state index contributed by atoms with van der Waals surface area (Å²) in [5.41, 5.74) is 0.109. The van der Waals surface area contributed by atoms with Gasteiger partial charge in [0.05, 0.1) is 0 Å². The van der Waals surface area contributed by atoms with E-state index in [-0.39, 0.29) is 11.3 Å². The molecule has 0 N–H and O–H groups in total. The molecule has 2 heterocycles. The highest BCUT2D eigenvalue weighted by Crippen LogP contribution is 2.11. The minimum Gasteiger partial charge on any atom is -0.428 e. The summed E-state index contributed by atoms with van der Waals surface area (Å²) in [6.45, 7) is 1.61. The lowest BCUT2D eigenvalue weighted by atomic mass is 10.1. The lowest BCUT2D eigenvalue weighted by Gasteiger charge is -2.00. The van der Waals surface area contributed by atoms with E-state index in [9.17, 15) is 9.59 Å². The Kier molecular flexibility index (Phi) is 3.06. The maximum atomic E-state index is 12.0. The molecule has 5 heteroatoms. The zero-order chi connectivity index (χ0) is 12.4. The Bertz CT molecular complexity index is 616. The highest BCUT2D eigenvalue weighted by molar-refractivity contribution is 6.29. The Morgan fingerprint density at radius 3 is 2.65 bits per heavy atom. The quantitative estimate of drug-likeness (QED) is 0.605. The van der Waals surface area contributed by atoms with E-state index in [1.165, 1.54) is 18.3 Å². The number of aromatic nitrogens is 1. The first-order chi connectivity index (χ1) is 8.06. The zero-order valence-corrected chi connectivity index (χ0v) is 9.69. The van der Waals surface area contributed by atoms with E-state index >= 15 is 0 Å². The number of rotatable bonds is 2. The van der Waals surface area contributed by atoms with Gasteiger partial charge in [0.2, 0.25) is 0 Å². The van der Waals surface area contributed by atoms with Gasteiger partial charge in [0.25, 0.3) is 0 Å². The molecule has 0 aliphatic rings. The molecule has 0 aromatic carbocycles. The summed E-state index contributed by atoms with van der Waals surface area (Å²) in [4.78, 5) is 27.0. The van der Waals surface area contributed by atoms with Crippen molar-refractivity contribution in [3.05, 3.63) is 62.9 Å². The number of aryl methyl sites for hydroxylation is 1. The largest absolute Gasteiger partial charge is 0.428 e. The molecule has 0 radical (unpaired) electrons. The topological polar surface area (TPSA) is 60.2 Å². The third-order valence-electron chi connectivity index (χ3n) is 2.15. The van der Waals surface area contributed by atoms with Crippen LogP contribution in [0.5, 0.6) is 0 Å². The van der Waals surface area contributed by atoms with Gasteiger partial charge in [-0.2, -0.15) is 0 Å². The van der Waals surface area contributed by atoms with Crippen LogP contribution in [0.4, 0.5) is 0 Å². The van der Waals surface area contributed by atoms with Gasteiger partial charge in [0.15, 0.2) is 5.78 Å². The van der Waals surface area contributed by atoms with Crippen LogP contribution in [0.25, 0.3) is 0 Å². The average Bonchev–Trinajstić information content (AvgIpc) is 2.28. The van der Waals surface area contributed by atoms with Gasteiger partial charge in [0, 0.05) is 23.4 Å². The van der Waals surface area contributed by atoms with Crippen molar-refractivity contribution in [1.29, 1.82) is 0 Å². The molecule has 4 nitrogen and oxygen atoms in total. The number of nitrogens with zero attached hydrogens (tertiary/aromatic N) is 1. The average molecular weight is 250 g/mol. The SMILES string of the molecule is Cc1cc(C(=O)c2ccc(Cl)nc2)cc(=O)o1. The summed E-state index contributed by atoms with van der Waals surface area (Å²) >= 11 is 5.63. The van der Waals surface area contributed by atoms with E-state index in [1.807, 2.05) is 0 Å². The summed E-state index contributed by atoms with van der Waals surface area (Å²) in [7, 11) is 0. The Morgan fingerprint density at radius 1 is 1.29 bits per heavy atom. The minimum absolute atomic E-state index is 0.280. The van der Waals surface area contributed by atoms with Crippen LogP contribution in [0.1, 0.15) is 21.7 Å². The van der Waals surface area contributed by atoms with Crippen LogP contribution in [0.3, 0.4) is 0 Å². The van der Waals surface area contributed by atoms with Crippen LogP contribution in [0.2, 0.25) is 5.15 Å². The van der Waals surface area contributed by atoms with Crippen LogP contribution < -0.4 is 5.63 Å². The fourth-order valence-corrected chi connectivity index (χ4v) is 1.52. The lowest BCUT2D eigenvalue weighted by Crippen LogP contribution is -2.07. The van der Waals surface area contributed by atoms with Gasteiger partial charge in [-0.05, 0) is 25.1 Å².